The smallest absolute Gasteiger partial charge is 0.305 e. The fourth-order valence-corrected chi connectivity index (χ4v) is 3.42. The Hall–Kier alpha value is -2.93. The Morgan fingerprint density at radius 3 is 2.13 bits per heavy atom. The highest BCUT2D eigenvalue weighted by Gasteiger charge is 2.22. The van der Waals surface area contributed by atoms with Crippen molar-refractivity contribution in [3.8, 4) is 11.3 Å². The number of aliphatic hydroxyl groups is 2. The molecule has 0 saturated heterocycles. The molecule has 0 radical (unpaired) electrons. The quantitative estimate of drug-likeness (QED) is 0.345. The Labute approximate surface area is 224 Å². The van der Waals surface area contributed by atoms with Gasteiger partial charge in [0.1, 0.15) is 5.82 Å². The van der Waals surface area contributed by atoms with Crippen molar-refractivity contribution in [1.29, 1.82) is 0 Å². The molecule has 0 amide bonds. The molecular formula is C26H39FN4O6S. The Morgan fingerprint density at radius 1 is 1.16 bits per heavy atom. The summed E-state index contributed by atoms with van der Waals surface area (Å²) < 4.78 is 38.6. The Bertz CT molecular complexity index is 1210. The number of carboxylic acid groups (broad SMARTS) is 1. The lowest BCUT2D eigenvalue weighted by atomic mass is 9.97. The Kier molecular flexibility index (Phi) is 12.0. The molecule has 10 nitrogen and oxygen atoms in total. The number of sulfonamides is 1. The van der Waals surface area contributed by atoms with E-state index < -0.39 is 40.4 Å². The van der Waals surface area contributed by atoms with Gasteiger partial charge in [0.2, 0.25) is 16.0 Å². The zero-order valence-electron chi connectivity index (χ0n) is 22.9. The predicted octanol–water partition coefficient (Wildman–Crippen LogP) is 3.15. The number of anilines is 1. The molecule has 0 aliphatic rings. The van der Waals surface area contributed by atoms with Crippen LogP contribution in [0.5, 0.6) is 0 Å². The third-order valence-electron chi connectivity index (χ3n) is 4.82. The first kappa shape index (κ1) is 33.1. The van der Waals surface area contributed by atoms with Gasteiger partial charge in [-0.2, -0.15) is 0 Å². The molecule has 12 heteroatoms. The standard InChI is InChI=1S/C22H28FN3O6S.C4H11N/c1-13(2)20-18(10-9-16(27)11-17(28)12-19(29)30)21(14-5-7-15(23)8-6-14)25-22(24-20)26(3)33(4,31)32;1-4(2,3)5/h5-10,13,16-17,27-28H,11-12H2,1-4H3,(H,29,30);5H2,1-3H3/b10-9+;/t16-,17-;/m1./s1. The average molecular weight is 555 g/mol. The van der Waals surface area contributed by atoms with E-state index in [0.717, 1.165) is 10.6 Å². The largest absolute Gasteiger partial charge is 0.481 e. The Balaban J connectivity index is 0.00000132. The number of aromatic nitrogens is 2. The van der Waals surface area contributed by atoms with Crippen molar-refractivity contribution in [2.75, 3.05) is 17.6 Å². The van der Waals surface area contributed by atoms with Crippen molar-refractivity contribution in [2.45, 2.75) is 71.1 Å². The summed E-state index contributed by atoms with van der Waals surface area (Å²) in [4.78, 5) is 19.6. The van der Waals surface area contributed by atoms with Crippen LogP contribution in [0.2, 0.25) is 0 Å². The van der Waals surface area contributed by atoms with Crippen LogP contribution in [0.25, 0.3) is 17.3 Å². The maximum Gasteiger partial charge on any atom is 0.305 e. The summed E-state index contributed by atoms with van der Waals surface area (Å²) in [5.41, 5.74) is 7.16. The van der Waals surface area contributed by atoms with Crippen molar-refractivity contribution in [1.82, 2.24) is 9.97 Å². The predicted molar refractivity (Wildman–Crippen MR) is 147 cm³/mol. The SMILES string of the molecule is CC(C)(C)N.CC(C)c1nc(N(C)S(C)(=O)=O)nc(-c2ccc(F)cc2)c1/C=C/[C@@H](O)C[C@@H](O)CC(=O)O. The second-order valence-corrected chi connectivity index (χ2v) is 12.4. The van der Waals surface area contributed by atoms with E-state index >= 15 is 0 Å². The topological polar surface area (TPSA) is 167 Å². The van der Waals surface area contributed by atoms with E-state index in [1.54, 1.807) is 0 Å². The molecule has 1 heterocycles. The van der Waals surface area contributed by atoms with Crippen LogP contribution in [0.15, 0.2) is 30.3 Å². The lowest BCUT2D eigenvalue weighted by Gasteiger charge is -2.20. The molecule has 5 N–H and O–H groups in total. The molecule has 0 unspecified atom stereocenters. The third kappa shape index (κ3) is 11.6. The zero-order chi connectivity index (χ0) is 29.4. The summed E-state index contributed by atoms with van der Waals surface area (Å²) in [5.74, 6) is -1.87. The minimum atomic E-state index is -3.65. The van der Waals surface area contributed by atoms with Gasteiger partial charge in [-0.05, 0) is 51.0 Å². The first-order chi connectivity index (χ1) is 17.3. The fourth-order valence-electron chi connectivity index (χ4n) is 3.05. The summed E-state index contributed by atoms with van der Waals surface area (Å²) in [6, 6.07) is 5.49. The van der Waals surface area contributed by atoms with Gasteiger partial charge >= 0.3 is 5.97 Å². The van der Waals surface area contributed by atoms with E-state index in [0.29, 0.717) is 22.5 Å². The summed E-state index contributed by atoms with van der Waals surface area (Å²) in [5, 5.41) is 28.8. The number of benzene rings is 1. The van der Waals surface area contributed by atoms with Gasteiger partial charge in [0.15, 0.2) is 0 Å². The van der Waals surface area contributed by atoms with Crippen LogP contribution in [0.3, 0.4) is 0 Å². The van der Waals surface area contributed by atoms with E-state index in [1.165, 1.54) is 43.5 Å². The highest BCUT2D eigenvalue weighted by molar-refractivity contribution is 7.92. The molecular weight excluding hydrogens is 515 g/mol. The lowest BCUT2D eigenvalue weighted by molar-refractivity contribution is -0.139. The Morgan fingerprint density at radius 2 is 1.68 bits per heavy atom. The fraction of sp³-hybridized carbons (Fsp3) is 0.500. The zero-order valence-corrected chi connectivity index (χ0v) is 23.7. The van der Waals surface area contributed by atoms with E-state index in [-0.39, 0.29) is 23.8 Å². The van der Waals surface area contributed by atoms with Crippen molar-refractivity contribution < 1.29 is 32.9 Å². The summed E-state index contributed by atoms with van der Waals surface area (Å²) in [7, 11) is -2.33. The molecule has 2 atom stereocenters. The van der Waals surface area contributed by atoms with E-state index in [4.69, 9.17) is 10.8 Å². The number of nitrogens with two attached hydrogens (primary N) is 1. The van der Waals surface area contributed by atoms with Crippen LogP contribution < -0.4 is 10.0 Å². The molecule has 0 bridgehead atoms. The molecule has 0 aliphatic heterocycles. The van der Waals surface area contributed by atoms with Gasteiger partial charge < -0.3 is 21.1 Å². The molecule has 1 aromatic heterocycles. The second kappa shape index (κ2) is 13.7. The van der Waals surface area contributed by atoms with E-state index in [1.807, 2.05) is 34.6 Å². The highest BCUT2D eigenvalue weighted by atomic mass is 32.2. The van der Waals surface area contributed by atoms with Gasteiger partial charge in [-0.3, -0.25) is 4.79 Å². The van der Waals surface area contributed by atoms with E-state index in [9.17, 15) is 27.8 Å². The van der Waals surface area contributed by atoms with Gasteiger partial charge in [-0.15, -0.1) is 0 Å². The number of aliphatic hydroxyl groups excluding tert-OH is 2. The molecule has 1 aromatic carbocycles. The maximum atomic E-state index is 13.5. The van der Waals surface area contributed by atoms with Crippen molar-refractivity contribution in [2.24, 2.45) is 5.73 Å². The van der Waals surface area contributed by atoms with Gasteiger partial charge in [0, 0.05) is 30.1 Å². The number of aliphatic carboxylic acids is 1. The van der Waals surface area contributed by atoms with Crippen LogP contribution in [-0.4, -0.2) is 70.7 Å². The number of hydrogen-bond donors (Lipinski definition) is 4. The molecule has 2 rings (SSSR count). The van der Waals surface area contributed by atoms with Gasteiger partial charge in [-0.25, -0.2) is 27.1 Å². The van der Waals surface area contributed by atoms with Crippen LogP contribution in [0.4, 0.5) is 10.3 Å². The number of hydrogen-bond acceptors (Lipinski definition) is 8. The van der Waals surface area contributed by atoms with Crippen LogP contribution >= 0.6 is 0 Å². The number of nitrogens with zero attached hydrogens (tertiary/aromatic N) is 3. The molecule has 2 aromatic rings. The van der Waals surface area contributed by atoms with E-state index in [2.05, 4.69) is 9.97 Å². The number of carbonyl (C=O) groups is 1. The highest BCUT2D eigenvalue weighted by Crippen LogP contribution is 2.31. The first-order valence-corrected chi connectivity index (χ1v) is 13.8. The summed E-state index contributed by atoms with van der Waals surface area (Å²) in [6.45, 7) is 9.60. The number of rotatable bonds is 10. The monoisotopic (exact) mass is 554 g/mol. The molecule has 212 valence electrons. The molecule has 0 saturated carbocycles. The minimum Gasteiger partial charge on any atom is -0.481 e. The van der Waals surface area contributed by atoms with Gasteiger partial charge in [-0.1, -0.05) is 26.0 Å². The van der Waals surface area contributed by atoms with Crippen LogP contribution in [0.1, 0.15) is 64.6 Å². The molecule has 0 spiro atoms. The molecule has 0 aliphatic carbocycles. The van der Waals surface area contributed by atoms with Crippen molar-refractivity contribution in [3.63, 3.8) is 0 Å². The molecule has 0 fully saturated rings. The second-order valence-electron chi connectivity index (χ2n) is 10.3. The first-order valence-electron chi connectivity index (χ1n) is 12.0. The van der Waals surface area contributed by atoms with Crippen LogP contribution in [-0.2, 0) is 14.8 Å². The van der Waals surface area contributed by atoms with Gasteiger partial charge in [0.05, 0.1) is 36.3 Å². The lowest BCUT2D eigenvalue weighted by Crippen LogP contribution is -2.27. The summed E-state index contributed by atoms with van der Waals surface area (Å²) >= 11 is 0. The third-order valence-corrected chi connectivity index (χ3v) is 5.97. The number of halogens is 1. The van der Waals surface area contributed by atoms with Crippen molar-refractivity contribution in [3.05, 3.63) is 47.4 Å². The molecule has 38 heavy (non-hydrogen) atoms. The summed E-state index contributed by atoms with van der Waals surface area (Å²) in [6.07, 6.45) is 0.860. The van der Waals surface area contributed by atoms with Crippen molar-refractivity contribution >= 4 is 28.0 Å². The van der Waals surface area contributed by atoms with Gasteiger partial charge in [0.25, 0.3) is 0 Å². The number of carboxylic acids is 1. The normalized spacial score (nSPS) is 13.7. The minimum absolute atomic E-state index is 0. The maximum absolute atomic E-state index is 13.5. The average Bonchev–Trinajstić information content (AvgIpc) is 2.74. The van der Waals surface area contributed by atoms with Crippen LogP contribution in [0, 0.1) is 5.82 Å².